The number of nitrogens with zero attached hydrogens (tertiary/aromatic N) is 4. The fraction of sp³-hybridized carbons (Fsp3) is 0.240. The van der Waals surface area contributed by atoms with E-state index < -0.39 is 5.91 Å². The molecule has 0 atom stereocenters. The van der Waals surface area contributed by atoms with Crippen molar-refractivity contribution in [3.8, 4) is 0 Å². The number of furan rings is 1. The zero-order valence-electron chi connectivity index (χ0n) is 60.4. The lowest BCUT2D eigenvalue weighted by Crippen LogP contribution is -2.37. The summed E-state index contributed by atoms with van der Waals surface area (Å²) in [4.78, 5) is 111. The van der Waals surface area contributed by atoms with Gasteiger partial charge in [-0.2, -0.15) is 0 Å². The van der Waals surface area contributed by atoms with Gasteiger partial charge in [0.15, 0.2) is 17.3 Å². The summed E-state index contributed by atoms with van der Waals surface area (Å²) in [6, 6.07) is 43.4. The lowest BCUT2D eigenvalue weighted by molar-refractivity contribution is -0.120. The molecule has 0 bridgehead atoms. The number of rotatable bonds is 12. The first kappa shape index (κ1) is 83.4. The van der Waals surface area contributed by atoms with Crippen molar-refractivity contribution in [3.63, 3.8) is 0 Å². The molecule has 11 aromatic rings. The highest BCUT2D eigenvalue weighted by atomic mass is 16.5. The van der Waals surface area contributed by atoms with Crippen LogP contribution in [0, 0.1) is 12.8 Å². The Morgan fingerprint density at radius 3 is 1.61 bits per heavy atom. The minimum Gasteiger partial charge on any atom is -0.461 e. The maximum atomic E-state index is 10.9. The van der Waals surface area contributed by atoms with E-state index in [-0.39, 0.29) is 47.3 Å². The zero-order valence-corrected chi connectivity index (χ0v) is 60.4. The van der Waals surface area contributed by atoms with Gasteiger partial charge in [-0.15, -0.1) is 0 Å². The molecule has 31 nitrogen and oxygen atoms in total. The number of anilines is 10. The number of hydrogen-bond acceptors (Lipinski definition) is 21. The SMILES string of the molecule is CC(=O)NC1CCC(CN)CC1.CC(=O)NCc1ccc(N)nc1.CC(=O)Nc1ccc(CN)cc1.CC(=O)Nc1ccc2c(N)nccc2c1.CC(=O)Nc1ccc2cc(C)oc2c1.CC(=O)Nc1ccc2nc(N)[nH]c2c1.CC(=O)Nc1ccc2onc(N)c2c1.CC(=O)Nc1cccc(C(N)=O)c1. The number of pyridine rings is 2. The largest absolute Gasteiger partial charge is 0.461 e. The number of nitrogens with two attached hydrogens (primary N) is 7. The average molecular weight is 1450 g/mol. The number of nitrogens with one attached hydrogen (secondary N) is 9. The number of primary amides is 1. The summed E-state index contributed by atoms with van der Waals surface area (Å²) in [5, 5.41) is 28.8. The number of aromatic nitrogens is 5. The van der Waals surface area contributed by atoms with Gasteiger partial charge < -0.3 is 96.6 Å². The zero-order chi connectivity index (χ0) is 78.0. The standard InChI is InChI=1S/C11H11N3O.C11H11NO2.C9H10N4O.C9H9N3O2.C9H10N2O2.C9H18N2O.C9H12N2O.C8H11N3O/c1-7(15)14-9-2-3-10-8(6-9)4-5-13-11(10)12;1-7-5-9-3-4-10(12-8(2)13)6-11(9)14-7;1-5(14)11-6-2-3-7-8(4-6)13-9(10)12-7;1-5(13)11-6-2-3-8-7(4-6)9(10)12-14-8;1-6(12)11-8-4-2-3-7(5-8)9(10)13;2*1-7(12)11-9-4-2-8(6-10)3-5-9;1-6(12)10-4-7-2-3-8(9)11-5-7/h2-6H,1H3,(H2,12,13)(H,14,15);3-6H,1-2H3,(H,12,13);2-4H,1H3,(H,11,14)(H3,10,12,13);2-4H,1H3,(H2,10,12)(H,11,13);2-5H,1H3,(H2,10,13)(H,11,12);8-9H,2-6,10H2,1H3,(H,11,12);2-5H,6,10H2,1H3,(H,11,12);2-3,5H,4H2,1H3,(H2,9,11)(H,10,12). The van der Waals surface area contributed by atoms with Crippen LogP contribution in [0.4, 0.5) is 57.5 Å². The van der Waals surface area contributed by atoms with E-state index in [0.717, 1.165) is 91.8 Å². The molecule has 1 saturated carbocycles. The molecule has 558 valence electrons. The number of fused-ring (bicyclic) bond motifs is 4. The summed E-state index contributed by atoms with van der Waals surface area (Å²) in [5.41, 5.74) is 47.9. The second-order valence-corrected chi connectivity index (χ2v) is 24.0. The summed E-state index contributed by atoms with van der Waals surface area (Å²) < 4.78 is 10.4. The molecular formula is C75H92N20O11. The van der Waals surface area contributed by atoms with Crippen LogP contribution in [-0.4, -0.2) is 90.8 Å². The number of benzene rings is 6. The second-order valence-electron chi connectivity index (χ2n) is 24.0. The number of amides is 9. The van der Waals surface area contributed by atoms with Crippen molar-refractivity contribution in [2.24, 2.45) is 23.1 Å². The Balaban J connectivity index is 0.000000218. The van der Waals surface area contributed by atoms with Crippen molar-refractivity contribution in [1.82, 2.24) is 35.7 Å². The smallest absolute Gasteiger partial charge is 0.248 e. The molecule has 23 N–H and O–H groups in total. The number of aromatic amines is 1. The van der Waals surface area contributed by atoms with E-state index in [1.54, 1.807) is 80.0 Å². The minimum absolute atomic E-state index is 0.0492. The number of imidazole rings is 1. The van der Waals surface area contributed by atoms with Crippen LogP contribution in [0.1, 0.15) is 108 Å². The Morgan fingerprint density at radius 2 is 1.05 bits per heavy atom. The Morgan fingerprint density at radius 1 is 0.500 bits per heavy atom. The molecule has 1 aliphatic rings. The van der Waals surface area contributed by atoms with E-state index in [2.05, 4.69) is 67.6 Å². The first-order valence-electron chi connectivity index (χ1n) is 33.2. The lowest BCUT2D eigenvalue weighted by Gasteiger charge is -2.27. The molecule has 0 aliphatic heterocycles. The third kappa shape index (κ3) is 30.5. The minimum atomic E-state index is -0.507. The molecule has 12 rings (SSSR count). The van der Waals surface area contributed by atoms with Gasteiger partial charge in [-0.1, -0.05) is 29.4 Å². The van der Waals surface area contributed by atoms with Gasteiger partial charge in [0.1, 0.15) is 23.0 Å². The Kier molecular flexibility index (Phi) is 33.2. The summed E-state index contributed by atoms with van der Waals surface area (Å²) >= 11 is 0. The molecule has 5 aromatic heterocycles. The van der Waals surface area contributed by atoms with Crippen LogP contribution in [0.2, 0.25) is 0 Å². The highest BCUT2D eigenvalue weighted by Crippen LogP contribution is 2.27. The predicted molar refractivity (Wildman–Crippen MR) is 416 cm³/mol. The summed E-state index contributed by atoms with van der Waals surface area (Å²) in [6.45, 7) is 15.5. The topological polar surface area (TPSA) is 526 Å². The van der Waals surface area contributed by atoms with Gasteiger partial charge in [0.2, 0.25) is 53.2 Å². The monoisotopic (exact) mass is 1450 g/mol. The first-order chi connectivity index (χ1) is 50.3. The number of nitrogen functional groups attached to an aromatic ring is 4. The van der Waals surface area contributed by atoms with Gasteiger partial charge in [-0.25, -0.2) is 15.0 Å². The van der Waals surface area contributed by atoms with E-state index in [1.807, 2.05) is 85.8 Å². The number of aryl methyl sites for hydroxylation is 1. The third-order valence-electron chi connectivity index (χ3n) is 14.7. The van der Waals surface area contributed by atoms with Gasteiger partial charge in [-0.05, 0) is 177 Å². The molecule has 0 spiro atoms. The van der Waals surface area contributed by atoms with E-state index >= 15 is 0 Å². The normalized spacial score (nSPS) is 12.2. The highest BCUT2D eigenvalue weighted by molar-refractivity contribution is 5.99. The molecule has 1 aliphatic carbocycles. The van der Waals surface area contributed by atoms with E-state index in [1.165, 1.54) is 67.4 Å². The molecule has 31 heteroatoms. The van der Waals surface area contributed by atoms with Crippen LogP contribution in [0.3, 0.4) is 0 Å². The van der Waals surface area contributed by atoms with Gasteiger partial charge in [0.05, 0.1) is 16.4 Å². The van der Waals surface area contributed by atoms with Crippen LogP contribution in [0.15, 0.2) is 167 Å². The molecule has 106 heavy (non-hydrogen) atoms. The predicted octanol–water partition coefficient (Wildman–Crippen LogP) is 9.73. The molecule has 0 unspecified atom stereocenters. The Hall–Kier alpha value is -13.3. The molecule has 1 fully saturated rings. The van der Waals surface area contributed by atoms with Crippen molar-refractivity contribution in [1.29, 1.82) is 0 Å². The molecular weight excluding hydrogens is 1360 g/mol. The van der Waals surface area contributed by atoms with Crippen LogP contribution in [0.25, 0.3) is 43.7 Å². The summed E-state index contributed by atoms with van der Waals surface area (Å²) in [6.07, 6.45) is 7.83. The van der Waals surface area contributed by atoms with E-state index in [0.29, 0.717) is 76.4 Å². The van der Waals surface area contributed by atoms with Gasteiger partial charge in [0, 0.05) is 143 Å². The van der Waals surface area contributed by atoms with E-state index in [4.69, 9.17) is 49.1 Å². The van der Waals surface area contributed by atoms with Crippen LogP contribution in [0.5, 0.6) is 0 Å². The Labute approximate surface area is 611 Å². The van der Waals surface area contributed by atoms with Gasteiger partial charge in [-0.3, -0.25) is 43.2 Å². The van der Waals surface area contributed by atoms with Crippen molar-refractivity contribution in [3.05, 3.63) is 180 Å². The van der Waals surface area contributed by atoms with Crippen LogP contribution < -0.4 is 82.7 Å². The number of hydrogen-bond donors (Lipinski definition) is 16. The van der Waals surface area contributed by atoms with Gasteiger partial charge >= 0.3 is 0 Å². The Bertz CT molecular complexity index is 4680. The maximum Gasteiger partial charge on any atom is 0.248 e. The van der Waals surface area contributed by atoms with Crippen LogP contribution >= 0.6 is 0 Å². The molecule has 0 radical (unpaired) electrons. The second kappa shape index (κ2) is 42.2. The quantitative estimate of drug-likeness (QED) is 0.0541. The average Bonchev–Trinajstić information content (AvgIpc) is 1.62. The summed E-state index contributed by atoms with van der Waals surface area (Å²) in [7, 11) is 0. The van der Waals surface area contributed by atoms with Crippen molar-refractivity contribution in [2.45, 2.75) is 107 Å². The van der Waals surface area contributed by atoms with Crippen molar-refractivity contribution >= 4 is 154 Å². The molecule has 9 amide bonds. The maximum absolute atomic E-state index is 10.9. The fourth-order valence-corrected chi connectivity index (χ4v) is 9.95. The summed E-state index contributed by atoms with van der Waals surface area (Å²) in [5.74, 6) is 2.16. The van der Waals surface area contributed by atoms with Crippen molar-refractivity contribution in [2.75, 3.05) is 61.4 Å². The molecule has 5 heterocycles. The highest BCUT2D eigenvalue weighted by Gasteiger charge is 2.20. The number of carbonyl (C=O) groups excluding carboxylic acids is 9. The number of H-pyrrole nitrogens is 1. The molecule has 6 aromatic carbocycles. The third-order valence-corrected chi connectivity index (χ3v) is 14.7. The molecule has 0 saturated heterocycles. The fourth-order valence-electron chi connectivity index (χ4n) is 9.95. The van der Waals surface area contributed by atoms with Crippen LogP contribution in [-0.2, 0) is 51.4 Å². The number of carbonyl (C=O) groups is 9. The van der Waals surface area contributed by atoms with Gasteiger partial charge in [0.25, 0.3) is 0 Å². The first-order valence-corrected chi connectivity index (χ1v) is 33.2. The van der Waals surface area contributed by atoms with Crippen molar-refractivity contribution < 1.29 is 52.1 Å². The lowest BCUT2D eigenvalue weighted by atomic mass is 9.86. The van der Waals surface area contributed by atoms with E-state index in [9.17, 15) is 43.2 Å².